The highest BCUT2D eigenvalue weighted by Crippen LogP contribution is 2.32. The number of benzene rings is 1. The molecule has 3 rings (SSSR count). The summed E-state index contributed by atoms with van der Waals surface area (Å²) in [5, 5.41) is 3.69. The van der Waals surface area contributed by atoms with E-state index in [2.05, 4.69) is 5.32 Å². The Morgan fingerprint density at radius 2 is 2.00 bits per heavy atom. The molecular weight excluding hydrogens is 217 g/mol. The Kier molecular flexibility index (Phi) is 3.12. The lowest BCUT2D eigenvalue weighted by Crippen LogP contribution is -2.36. The summed E-state index contributed by atoms with van der Waals surface area (Å²) in [4.78, 5) is 0. The second-order valence-electron chi connectivity index (χ2n) is 4.99. The van der Waals surface area contributed by atoms with Crippen LogP contribution in [0.1, 0.15) is 36.4 Å². The van der Waals surface area contributed by atoms with Crippen LogP contribution >= 0.6 is 0 Å². The Balaban J connectivity index is 1.70. The monoisotopic (exact) mass is 235 g/mol. The van der Waals surface area contributed by atoms with E-state index in [9.17, 15) is 4.39 Å². The van der Waals surface area contributed by atoms with Gasteiger partial charge in [-0.05, 0) is 48.9 Å². The van der Waals surface area contributed by atoms with Crippen molar-refractivity contribution in [1.82, 2.24) is 5.32 Å². The van der Waals surface area contributed by atoms with Crippen LogP contribution in [0.2, 0.25) is 0 Å². The molecule has 2 aliphatic rings. The second kappa shape index (κ2) is 4.75. The molecule has 1 unspecified atom stereocenters. The van der Waals surface area contributed by atoms with Gasteiger partial charge in [0.25, 0.3) is 0 Å². The summed E-state index contributed by atoms with van der Waals surface area (Å²) in [5.74, 6) is -0.115. The Hall–Kier alpha value is -0.930. The van der Waals surface area contributed by atoms with Gasteiger partial charge in [0.1, 0.15) is 5.82 Å². The van der Waals surface area contributed by atoms with E-state index in [1.54, 1.807) is 12.1 Å². The number of nitrogens with one attached hydrogen (secondary N) is 1. The highest BCUT2D eigenvalue weighted by molar-refractivity contribution is 5.35. The summed E-state index contributed by atoms with van der Waals surface area (Å²) >= 11 is 0. The molecule has 1 aromatic carbocycles. The van der Waals surface area contributed by atoms with Gasteiger partial charge < -0.3 is 10.1 Å². The largest absolute Gasteiger partial charge is 0.381 e. The maximum atomic E-state index is 13.1. The lowest BCUT2D eigenvalue weighted by atomic mass is 10.0. The first kappa shape index (κ1) is 11.2. The predicted molar refractivity (Wildman–Crippen MR) is 64.4 cm³/mol. The van der Waals surface area contributed by atoms with Crippen LogP contribution in [0.4, 0.5) is 4.39 Å². The van der Waals surface area contributed by atoms with Crippen molar-refractivity contribution in [3.8, 4) is 0 Å². The highest BCUT2D eigenvalue weighted by Gasteiger charge is 2.25. The fourth-order valence-corrected chi connectivity index (χ4v) is 2.91. The van der Waals surface area contributed by atoms with E-state index in [1.165, 1.54) is 11.1 Å². The summed E-state index contributed by atoms with van der Waals surface area (Å²) in [6.45, 7) is 1.72. The van der Waals surface area contributed by atoms with Gasteiger partial charge in [-0.3, -0.25) is 0 Å². The summed E-state index contributed by atoms with van der Waals surface area (Å²) in [5.41, 5.74) is 2.47. The van der Waals surface area contributed by atoms with Crippen LogP contribution in [0.15, 0.2) is 18.2 Å². The number of hydrogen-bond acceptors (Lipinski definition) is 2. The van der Waals surface area contributed by atoms with E-state index in [-0.39, 0.29) is 5.82 Å². The highest BCUT2D eigenvalue weighted by atomic mass is 19.1. The zero-order valence-electron chi connectivity index (χ0n) is 9.92. The van der Waals surface area contributed by atoms with E-state index < -0.39 is 0 Å². The molecule has 2 nitrogen and oxygen atoms in total. The maximum absolute atomic E-state index is 13.1. The van der Waals surface area contributed by atoms with Gasteiger partial charge >= 0.3 is 0 Å². The van der Waals surface area contributed by atoms with Gasteiger partial charge in [0.15, 0.2) is 0 Å². The zero-order chi connectivity index (χ0) is 11.7. The van der Waals surface area contributed by atoms with Gasteiger partial charge in [-0.15, -0.1) is 0 Å². The molecule has 1 aliphatic heterocycles. The summed E-state index contributed by atoms with van der Waals surface area (Å²) < 4.78 is 18.5. The van der Waals surface area contributed by atoms with Crippen LogP contribution in [-0.4, -0.2) is 19.3 Å². The van der Waals surface area contributed by atoms with Crippen LogP contribution in [-0.2, 0) is 11.2 Å². The normalized spacial score (nSPS) is 24.9. The molecule has 3 heteroatoms. The minimum absolute atomic E-state index is 0.115. The van der Waals surface area contributed by atoms with Gasteiger partial charge in [0.2, 0.25) is 0 Å². The first-order valence-corrected chi connectivity index (χ1v) is 6.45. The van der Waals surface area contributed by atoms with Gasteiger partial charge in [0.05, 0.1) is 0 Å². The predicted octanol–water partition coefficient (Wildman–Crippen LogP) is 2.58. The molecule has 1 fully saturated rings. The molecule has 1 N–H and O–H groups in total. The molecule has 17 heavy (non-hydrogen) atoms. The fourth-order valence-electron chi connectivity index (χ4n) is 2.91. The lowest BCUT2D eigenvalue weighted by Gasteiger charge is -2.27. The molecule has 0 spiro atoms. The van der Waals surface area contributed by atoms with Gasteiger partial charge in [0, 0.05) is 25.3 Å². The summed E-state index contributed by atoms with van der Waals surface area (Å²) in [6.07, 6.45) is 4.27. The van der Waals surface area contributed by atoms with Crippen molar-refractivity contribution in [3.05, 3.63) is 35.1 Å². The number of rotatable bonds is 2. The van der Waals surface area contributed by atoms with Crippen LogP contribution in [0.25, 0.3) is 0 Å². The third-order valence-electron chi connectivity index (χ3n) is 3.84. The number of ether oxygens (including phenoxy) is 1. The number of fused-ring (bicyclic) bond motifs is 1. The Morgan fingerprint density at radius 1 is 1.18 bits per heavy atom. The number of halogens is 1. The van der Waals surface area contributed by atoms with Crippen molar-refractivity contribution in [2.45, 2.75) is 37.8 Å². The van der Waals surface area contributed by atoms with Gasteiger partial charge in [-0.25, -0.2) is 4.39 Å². The number of hydrogen-bond donors (Lipinski definition) is 1. The number of aryl methyl sites for hydroxylation is 1. The molecule has 92 valence electrons. The zero-order valence-corrected chi connectivity index (χ0v) is 9.92. The van der Waals surface area contributed by atoms with Crippen molar-refractivity contribution >= 4 is 0 Å². The average molecular weight is 235 g/mol. The van der Waals surface area contributed by atoms with Crippen molar-refractivity contribution in [2.75, 3.05) is 13.2 Å². The van der Waals surface area contributed by atoms with Crippen LogP contribution in [0, 0.1) is 5.82 Å². The SMILES string of the molecule is Fc1ccc2c(c1)CCC2NC1CCOCC1. The van der Waals surface area contributed by atoms with E-state index in [4.69, 9.17) is 4.74 Å². The topological polar surface area (TPSA) is 21.3 Å². The van der Waals surface area contributed by atoms with E-state index in [1.807, 2.05) is 6.07 Å². The molecule has 1 atom stereocenters. The smallest absolute Gasteiger partial charge is 0.123 e. The Labute approximate surface area is 101 Å². The molecule has 0 bridgehead atoms. The van der Waals surface area contributed by atoms with E-state index in [0.717, 1.165) is 38.9 Å². The van der Waals surface area contributed by atoms with Crippen LogP contribution in [0.5, 0.6) is 0 Å². The maximum Gasteiger partial charge on any atom is 0.123 e. The first-order valence-electron chi connectivity index (χ1n) is 6.45. The Morgan fingerprint density at radius 3 is 2.82 bits per heavy atom. The molecule has 1 saturated heterocycles. The molecule has 1 aliphatic carbocycles. The van der Waals surface area contributed by atoms with Gasteiger partial charge in [-0.2, -0.15) is 0 Å². The quantitative estimate of drug-likeness (QED) is 0.850. The minimum atomic E-state index is -0.115. The van der Waals surface area contributed by atoms with Gasteiger partial charge in [-0.1, -0.05) is 6.07 Å². The minimum Gasteiger partial charge on any atom is -0.381 e. The average Bonchev–Trinajstić information content (AvgIpc) is 2.73. The van der Waals surface area contributed by atoms with Crippen LogP contribution < -0.4 is 5.32 Å². The second-order valence-corrected chi connectivity index (χ2v) is 4.99. The third kappa shape index (κ3) is 2.35. The standard InChI is InChI=1S/C14H18FNO/c15-11-2-3-13-10(9-11)1-4-14(13)16-12-5-7-17-8-6-12/h2-3,9,12,14,16H,1,4-8H2. The Bertz CT molecular complexity index is 401. The molecule has 1 aromatic rings. The van der Waals surface area contributed by atoms with E-state index in [0.29, 0.717) is 12.1 Å². The molecule has 0 saturated carbocycles. The molecule has 0 amide bonds. The fraction of sp³-hybridized carbons (Fsp3) is 0.571. The molecule has 0 aromatic heterocycles. The summed E-state index contributed by atoms with van der Waals surface area (Å²) in [6, 6.07) is 6.16. The molecular formula is C14H18FNO. The van der Waals surface area contributed by atoms with Crippen molar-refractivity contribution in [1.29, 1.82) is 0 Å². The first-order chi connectivity index (χ1) is 8.33. The van der Waals surface area contributed by atoms with Crippen molar-refractivity contribution in [2.24, 2.45) is 0 Å². The van der Waals surface area contributed by atoms with Crippen molar-refractivity contribution in [3.63, 3.8) is 0 Å². The molecule has 0 radical (unpaired) electrons. The third-order valence-corrected chi connectivity index (χ3v) is 3.84. The van der Waals surface area contributed by atoms with E-state index >= 15 is 0 Å². The van der Waals surface area contributed by atoms with Crippen molar-refractivity contribution < 1.29 is 9.13 Å². The molecule has 1 heterocycles. The van der Waals surface area contributed by atoms with Crippen LogP contribution in [0.3, 0.4) is 0 Å². The lowest BCUT2D eigenvalue weighted by molar-refractivity contribution is 0.0749. The summed E-state index contributed by atoms with van der Waals surface area (Å²) in [7, 11) is 0.